The molecule has 0 saturated carbocycles. The fourth-order valence-electron chi connectivity index (χ4n) is 2.87. The lowest BCUT2D eigenvalue weighted by atomic mass is 9.95. The Hall–Kier alpha value is -2.88. The van der Waals surface area contributed by atoms with Crippen LogP contribution in [0.15, 0.2) is 73.3 Å². The third-order valence-corrected chi connectivity index (χ3v) is 4.40. The SMILES string of the molecule is C=CC(CC)C(CC(C)OC(=O)c1ccccc1)OC(=O)c1ccccc1. The van der Waals surface area contributed by atoms with Crippen LogP contribution in [0.5, 0.6) is 0 Å². The molecule has 27 heavy (non-hydrogen) atoms. The number of carbonyl (C=O) groups is 2. The fourth-order valence-corrected chi connectivity index (χ4v) is 2.87. The first kappa shape index (κ1) is 20.4. The Kier molecular flexibility index (Phi) is 7.80. The van der Waals surface area contributed by atoms with Crippen LogP contribution in [0, 0.1) is 5.92 Å². The van der Waals surface area contributed by atoms with Gasteiger partial charge in [0.1, 0.15) is 12.2 Å². The Bertz CT molecular complexity index is 739. The normalized spacial score (nSPS) is 13.9. The van der Waals surface area contributed by atoms with Crippen LogP contribution in [0.3, 0.4) is 0 Å². The van der Waals surface area contributed by atoms with E-state index in [-0.39, 0.29) is 17.9 Å². The Morgan fingerprint density at radius 1 is 0.926 bits per heavy atom. The smallest absolute Gasteiger partial charge is 0.338 e. The minimum Gasteiger partial charge on any atom is -0.459 e. The summed E-state index contributed by atoms with van der Waals surface area (Å²) in [6.45, 7) is 7.67. The molecule has 3 atom stereocenters. The molecule has 0 spiro atoms. The van der Waals surface area contributed by atoms with Gasteiger partial charge in [0, 0.05) is 12.3 Å². The first-order valence-corrected chi connectivity index (χ1v) is 9.19. The molecule has 4 heteroatoms. The van der Waals surface area contributed by atoms with Crippen molar-refractivity contribution in [2.24, 2.45) is 5.92 Å². The molecule has 0 N–H and O–H groups in total. The van der Waals surface area contributed by atoms with Gasteiger partial charge in [0.15, 0.2) is 0 Å². The average molecular weight is 366 g/mol. The Balaban J connectivity index is 2.04. The molecular weight excluding hydrogens is 340 g/mol. The summed E-state index contributed by atoms with van der Waals surface area (Å²) in [4.78, 5) is 24.7. The van der Waals surface area contributed by atoms with Crippen molar-refractivity contribution in [3.8, 4) is 0 Å². The summed E-state index contributed by atoms with van der Waals surface area (Å²) in [7, 11) is 0. The molecule has 0 aliphatic carbocycles. The molecule has 2 aromatic carbocycles. The number of benzene rings is 2. The van der Waals surface area contributed by atoms with Crippen molar-refractivity contribution in [2.45, 2.75) is 38.9 Å². The van der Waals surface area contributed by atoms with E-state index in [1.807, 2.05) is 19.1 Å². The van der Waals surface area contributed by atoms with E-state index in [2.05, 4.69) is 6.58 Å². The quantitative estimate of drug-likeness (QED) is 0.460. The van der Waals surface area contributed by atoms with Gasteiger partial charge in [-0.15, -0.1) is 6.58 Å². The number of hydrogen-bond donors (Lipinski definition) is 0. The monoisotopic (exact) mass is 366 g/mol. The van der Waals surface area contributed by atoms with Gasteiger partial charge in [-0.2, -0.15) is 0 Å². The minimum atomic E-state index is -0.418. The highest BCUT2D eigenvalue weighted by Gasteiger charge is 2.26. The topological polar surface area (TPSA) is 52.6 Å². The second-order valence-electron chi connectivity index (χ2n) is 6.44. The van der Waals surface area contributed by atoms with Crippen LogP contribution < -0.4 is 0 Å². The first-order chi connectivity index (χ1) is 13.0. The van der Waals surface area contributed by atoms with Gasteiger partial charge >= 0.3 is 11.9 Å². The van der Waals surface area contributed by atoms with Crippen molar-refractivity contribution in [1.82, 2.24) is 0 Å². The van der Waals surface area contributed by atoms with Crippen LogP contribution in [0.25, 0.3) is 0 Å². The largest absolute Gasteiger partial charge is 0.459 e. The highest BCUT2D eigenvalue weighted by atomic mass is 16.6. The lowest BCUT2D eigenvalue weighted by Crippen LogP contribution is -2.31. The third-order valence-electron chi connectivity index (χ3n) is 4.40. The number of rotatable bonds is 9. The molecule has 0 fully saturated rings. The lowest BCUT2D eigenvalue weighted by Gasteiger charge is -2.26. The number of hydrogen-bond acceptors (Lipinski definition) is 4. The van der Waals surface area contributed by atoms with Crippen LogP contribution in [0.1, 0.15) is 47.4 Å². The highest BCUT2D eigenvalue weighted by molar-refractivity contribution is 5.90. The summed E-state index contributed by atoms with van der Waals surface area (Å²) in [6.07, 6.45) is 2.14. The Morgan fingerprint density at radius 2 is 1.41 bits per heavy atom. The van der Waals surface area contributed by atoms with E-state index < -0.39 is 12.2 Å². The maximum atomic E-state index is 12.5. The van der Waals surface area contributed by atoms with Crippen molar-refractivity contribution in [3.05, 3.63) is 84.4 Å². The molecule has 0 heterocycles. The van der Waals surface area contributed by atoms with Crippen LogP contribution in [0.2, 0.25) is 0 Å². The van der Waals surface area contributed by atoms with E-state index in [0.717, 1.165) is 6.42 Å². The zero-order valence-corrected chi connectivity index (χ0v) is 15.8. The summed E-state index contributed by atoms with van der Waals surface area (Å²) < 4.78 is 11.3. The van der Waals surface area contributed by atoms with E-state index in [1.54, 1.807) is 61.5 Å². The maximum Gasteiger partial charge on any atom is 0.338 e. The van der Waals surface area contributed by atoms with Crippen molar-refractivity contribution >= 4 is 11.9 Å². The van der Waals surface area contributed by atoms with E-state index in [4.69, 9.17) is 9.47 Å². The van der Waals surface area contributed by atoms with Crippen molar-refractivity contribution in [1.29, 1.82) is 0 Å². The highest BCUT2D eigenvalue weighted by Crippen LogP contribution is 2.22. The second-order valence-corrected chi connectivity index (χ2v) is 6.44. The Labute approximate surface area is 160 Å². The van der Waals surface area contributed by atoms with Gasteiger partial charge in [0.25, 0.3) is 0 Å². The van der Waals surface area contributed by atoms with Gasteiger partial charge in [0.05, 0.1) is 11.1 Å². The predicted molar refractivity (Wildman–Crippen MR) is 106 cm³/mol. The molecule has 0 bridgehead atoms. The second kappa shape index (κ2) is 10.3. The lowest BCUT2D eigenvalue weighted by molar-refractivity contribution is -0.00693. The van der Waals surface area contributed by atoms with E-state index in [0.29, 0.717) is 17.5 Å². The van der Waals surface area contributed by atoms with Crippen LogP contribution in [0.4, 0.5) is 0 Å². The fraction of sp³-hybridized carbons (Fsp3) is 0.304. The molecule has 0 saturated heterocycles. The number of carbonyl (C=O) groups excluding carboxylic acids is 2. The molecule has 0 aliphatic rings. The van der Waals surface area contributed by atoms with Gasteiger partial charge in [-0.25, -0.2) is 9.59 Å². The van der Waals surface area contributed by atoms with Crippen molar-refractivity contribution < 1.29 is 19.1 Å². The summed E-state index contributed by atoms with van der Waals surface area (Å²) in [5.74, 6) is -0.791. The standard InChI is InChI=1S/C23H26O4/c1-4-18(5-2)21(27-23(25)20-14-10-7-11-15-20)16-17(3)26-22(24)19-12-8-6-9-13-19/h4,6-15,17-18,21H,1,5,16H2,2-3H3. The average Bonchev–Trinajstić information content (AvgIpc) is 2.70. The van der Waals surface area contributed by atoms with Gasteiger partial charge in [0.2, 0.25) is 0 Å². The van der Waals surface area contributed by atoms with Gasteiger partial charge < -0.3 is 9.47 Å². The molecule has 142 valence electrons. The predicted octanol–water partition coefficient (Wildman–Crippen LogP) is 5.06. The van der Waals surface area contributed by atoms with Gasteiger partial charge in [-0.3, -0.25) is 0 Å². The molecule has 2 aromatic rings. The zero-order valence-electron chi connectivity index (χ0n) is 15.8. The summed E-state index contributed by atoms with van der Waals surface area (Å²) >= 11 is 0. The van der Waals surface area contributed by atoms with E-state index in [9.17, 15) is 9.59 Å². The third kappa shape index (κ3) is 6.10. The molecule has 0 amide bonds. The van der Waals surface area contributed by atoms with E-state index in [1.165, 1.54) is 0 Å². The van der Waals surface area contributed by atoms with Gasteiger partial charge in [-0.05, 0) is 37.6 Å². The number of ether oxygens (including phenoxy) is 2. The van der Waals surface area contributed by atoms with E-state index >= 15 is 0 Å². The number of esters is 2. The van der Waals surface area contributed by atoms with Crippen LogP contribution >= 0.6 is 0 Å². The molecular formula is C23H26O4. The molecule has 2 rings (SSSR count). The Morgan fingerprint density at radius 3 is 1.85 bits per heavy atom. The molecule has 3 unspecified atom stereocenters. The molecule has 0 radical (unpaired) electrons. The van der Waals surface area contributed by atoms with Crippen LogP contribution in [-0.2, 0) is 9.47 Å². The van der Waals surface area contributed by atoms with Gasteiger partial charge in [-0.1, -0.05) is 49.4 Å². The molecule has 0 aliphatic heterocycles. The summed E-state index contributed by atoms with van der Waals surface area (Å²) in [6, 6.07) is 17.7. The summed E-state index contributed by atoms with van der Waals surface area (Å²) in [5, 5.41) is 0. The molecule has 0 aromatic heterocycles. The van der Waals surface area contributed by atoms with Crippen LogP contribution in [-0.4, -0.2) is 24.1 Å². The summed E-state index contributed by atoms with van der Waals surface area (Å²) in [5.41, 5.74) is 0.994. The minimum absolute atomic E-state index is 0.0180. The maximum absolute atomic E-state index is 12.5. The molecule has 4 nitrogen and oxygen atoms in total. The van der Waals surface area contributed by atoms with Crippen molar-refractivity contribution in [3.63, 3.8) is 0 Å². The van der Waals surface area contributed by atoms with Crippen molar-refractivity contribution in [2.75, 3.05) is 0 Å². The zero-order chi connectivity index (χ0) is 19.6. The first-order valence-electron chi connectivity index (χ1n) is 9.19.